The second-order valence-electron chi connectivity index (χ2n) is 6.20. The highest BCUT2D eigenvalue weighted by Crippen LogP contribution is 2.31. The molecule has 1 heterocycles. The number of nitro groups is 1. The van der Waals surface area contributed by atoms with Crippen molar-refractivity contribution in [1.29, 1.82) is 0 Å². The first-order chi connectivity index (χ1) is 12.4. The number of hydrogen-bond donors (Lipinski definition) is 1. The number of rotatable bonds is 7. The van der Waals surface area contributed by atoms with Gasteiger partial charge in [-0.2, -0.15) is 0 Å². The summed E-state index contributed by atoms with van der Waals surface area (Å²) in [5.41, 5.74) is 0.590. The topological polar surface area (TPSA) is 114 Å². The summed E-state index contributed by atoms with van der Waals surface area (Å²) in [5, 5.41) is 20.2. The van der Waals surface area contributed by atoms with Crippen molar-refractivity contribution in [2.24, 2.45) is 0 Å². The zero-order chi connectivity index (χ0) is 18.8. The fraction of sp³-hybridized carbons (Fsp3) is 0.333. The van der Waals surface area contributed by atoms with Crippen LogP contribution in [0, 0.1) is 10.1 Å². The summed E-state index contributed by atoms with van der Waals surface area (Å²) in [5.74, 6) is -1.30. The predicted molar refractivity (Wildman–Crippen MR) is 91.0 cm³/mol. The maximum atomic E-state index is 12.9. The van der Waals surface area contributed by atoms with Crippen LogP contribution in [0.2, 0.25) is 0 Å². The molecule has 1 N–H and O–H groups in total. The lowest BCUT2D eigenvalue weighted by Gasteiger charge is -2.21. The van der Waals surface area contributed by atoms with Crippen LogP contribution < -0.4 is 0 Å². The number of hydrogen-bond acceptors (Lipinski definition) is 5. The van der Waals surface area contributed by atoms with Gasteiger partial charge in [-0.1, -0.05) is 19.1 Å². The number of nitro benzene ring substituents is 1. The van der Waals surface area contributed by atoms with Crippen molar-refractivity contribution >= 4 is 17.6 Å². The van der Waals surface area contributed by atoms with Gasteiger partial charge in [-0.3, -0.25) is 14.9 Å². The van der Waals surface area contributed by atoms with E-state index in [1.165, 1.54) is 18.2 Å². The number of benzene rings is 1. The highest BCUT2D eigenvalue weighted by atomic mass is 16.6. The number of carbonyl (C=O) groups excluding carboxylic acids is 1. The molecule has 1 aliphatic rings. The Morgan fingerprint density at radius 2 is 2.08 bits per heavy atom. The molecule has 136 valence electrons. The lowest BCUT2D eigenvalue weighted by molar-refractivity contribution is -0.384. The molecule has 1 aromatic heterocycles. The van der Waals surface area contributed by atoms with E-state index in [4.69, 9.17) is 4.42 Å². The van der Waals surface area contributed by atoms with Crippen molar-refractivity contribution in [2.45, 2.75) is 38.8 Å². The van der Waals surface area contributed by atoms with Crippen molar-refractivity contribution in [3.8, 4) is 0 Å². The van der Waals surface area contributed by atoms with E-state index in [9.17, 15) is 24.8 Å². The van der Waals surface area contributed by atoms with Crippen LogP contribution in [-0.4, -0.2) is 32.8 Å². The second kappa shape index (κ2) is 6.99. The fourth-order valence-corrected chi connectivity index (χ4v) is 2.84. The molecule has 1 amide bonds. The highest BCUT2D eigenvalue weighted by Gasteiger charge is 2.35. The molecule has 1 fully saturated rings. The maximum absolute atomic E-state index is 12.9. The summed E-state index contributed by atoms with van der Waals surface area (Å²) in [7, 11) is 0. The average molecular weight is 358 g/mol. The van der Waals surface area contributed by atoms with Gasteiger partial charge in [0.05, 0.1) is 4.92 Å². The molecule has 0 atom stereocenters. The first-order valence-corrected chi connectivity index (χ1v) is 8.31. The largest absolute Gasteiger partial charge is 0.478 e. The molecule has 0 saturated heterocycles. The first-order valence-electron chi connectivity index (χ1n) is 8.31. The summed E-state index contributed by atoms with van der Waals surface area (Å²) < 4.78 is 5.47. The zero-order valence-electron chi connectivity index (χ0n) is 14.2. The maximum Gasteiger partial charge on any atom is 0.339 e. The third-order valence-corrected chi connectivity index (χ3v) is 4.29. The molecule has 8 heteroatoms. The van der Waals surface area contributed by atoms with E-state index in [-0.39, 0.29) is 35.4 Å². The van der Waals surface area contributed by atoms with Crippen LogP contribution in [-0.2, 0) is 13.0 Å². The van der Waals surface area contributed by atoms with Crippen LogP contribution >= 0.6 is 0 Å². The number of aryl methyl sites for hydroxylation is 1. The lowest BCUT2D eigenvalue weighted by Crippen LogP contribution is -2.32. The Bertz CT molecular complexity index is 868. The van der Waals surface area contributed by atoms with Gasteiger partial charge in [0, 0.05) is 37.2 Å². The zero-order valence-corrected chi connectivity index (χ0v) is 14.2. The molecule has 0 bridgehead atoms. The van der Waals surface area contributed by atoms with Crippen LogP contribution in [0.3, 0.4) is 0 Å². The van der Waals surface area contributed by atoms with Crippen LogP contribution in [0.15, 0.2) is 34.7 Å². The molecule has 0 aliphatic heterocycles. The number of nitrogens with zero attached hydrogens (tertiary/aromatic N) is 2. The van der Waals surface area contributed by atoms with E-state index in [1.54, 1.807) is 24.0 Å². The number of carboxylic acid groups (broad SMARTS) is 1. The molecule has 3 rings (SSSR count). The van der Waals surface area contributed by atoms with Crippen molar-refractivity contribution < 1.29 is 24.0 Å². The third kappa shape index (κ3) is 3.58. The van der Waals surface area contributed by atoms with Crippen LogP contribution in [0.1, 0.15) is 52.0 Å². The van der Waals surface area contributed by atoms with Crippen molar-refractivity contribution in [3.05, 3.63) is 63.1 Å². The monoisotopic (exact) mass is 358 g/mol. The summed E-state index contributed by atoms with van der Waals surface area (Å²) in [6.45, 7) is 1.96. The Labute approximate surface area is 149 Å². The number of aromatic carboxylic acids is 1. The van der Waals surface area contributed by atoms with E-state index >= 15 is 0 Å². The summed E-state index contributed by atoms with van der Waals surface area (Å²) in [4.78, 5) is 36.2. The molecule has 26 heavy (non-hydrogen) atoms. The number of furan rings is 1. The van der Waals surface area contributed by atoms with Crippen LogP contribution in [0.25, 0.3) is 0 Å². The van der Waals surface area contributed by atoms with Crippen molar-refractivity contribution in [1.82, 2.24) is 4.90 Å². The van der Waals surface area contributed by atoms with E-state index in [2.05, 4.69) is 0 Å². The van der Waals surface area contributed by atoms with Crippen LogP contribution in [0.5, 0.6) is 0 Å². The number of carbonyl (C=O) groups is 2. The number of non-ortho nitro benzene ring substituents is 1. The average Bonchev–Trinajstić information content (AvgIpc) is 3.36. The minimum absolute atomic E-state index is 0.0121. The van der Waals surface area contributed by atoms with Gasteiger partial charge in [0.15, 0.2) is 5.76 Å². The molecule has 0 unspecified atom stereocenters. The van der Waals surface area contributed by atoms with Crippen molar-refractivity contribution in [3.63, 3.8) is 0 Å². The van der Waals surface area contributed by atoms with Gasteiger partial charge in [-0.25, -0.2) is 4.79 Å². The van der Waals surface area contributed by atoms with E-state index in [0.717, 1.165) is 12.8 Å². The van der Waals surface area contributed by atoms with Gasteiger partial charge < -0.3 is 14.4 Å². The first kappa shape index (κ1) is 17.7. The van der Waals surface area contributed by atoms with E-state index in [1.807, 2.05) is 0 Å². The minimum atomic E-state index is -1.14. The van der Waals surface area contributed by atoms with Gasteiger partial charge in [0.25, 0.3) is 11.6 Å². The molecule has 0 radical (unpaired) electrons. The van der Waals surface area contributed by atoms with Gasteiger partial charge in [0.2, 0.25) is 0 Å². The fourth-order valence-electron chi connectivity index (χ4n) is 2.84. The summed E-state index contributed by atoms with van der Waals surface area (Å²) in [6, 6.07) is 7.42. The smallest absolute Gasteiger partial charge is 0.339 e. The number of amides is 1. The standard InChI is InChI=1S/C18H18N2O6/c1-2-15-14(18(22)23)9-16(26-15)17(21)19(12-6-7-12)10-11-4-3-5-13(8-11)20(24)25/h3-5,8-9,12H,2,6-7,10H2,1H3,(H,22,23). The Morgan fingerprint density at radius 3 is 2.62 bits per heavy atom. The Hall–Kier alpha value is -3.16. The molecular formula is C18H18N2O6. The molecule has 1 aliphatic carbocycles. The SMILES string of the molecule is CCc1oc(C(=O)N(Cc2cccc([N+](=O)[O-])c2)C2CC2)cc1C(=O)O. The van der Waals surface area contributed by atoms with Gasteiger partial charge in [-0.15, -0.1) is 0 Å². The van der Waals surface area contributed by atoms with Gasteiger partial charge in [-0.05, 0) is 18.4 Å². The summed E-state index contributed by atoms with van der Waals surface area (Å²) >= 11 is 0. The molecule has 8 nitrogen and oxygen atoms in total. The Morgan fingerprint density at radius 1 is 1.35 bits per heavy atom. The van der Waals surface area contributed by atoms with Gasteiger partial charge >= 0.3 is 5.97 Å². The highest BCUT2D eigenvalue weighted by molar-refractivity contribution is 5.96. The molecule has 2 aromatic rings. The lowest BCUT2D eigenvalue weighted by atomic mass is 10.1. The van der Waals surface area contributed by atoms with E-state index in [0.29, 0.717) is 12.0 Å². The molecule has 1 aromatic carbocycles. The third-order valence-electron chi connectivity index (χ3n) is 4.29. The number of carboxylic acids is 1. The normalized spacial score (nSPS) is 13.4. The Kier molecular flexibility index (Phi) is 4.75. The molecule has 0 spiro atoms. The summed E-state index contributed by atoms with van der Waals surface area (Å²) in [6.07, 6.45) is 2.05. The quantitative estimate of drug-likeness (QED) is 0.600. The molecular weight excluding hydrogens is 340 g/mol. The minimum Gasteiger partial charge on any atom is -0.478 e. The van der Waals surface area contributed by atoms with Gasteiger partial charge in [0.1, 0.15) is 11.3 Å². The Balaban J connectivity index is 1.86. The predicted octanol–water partition coefficient (Wildman–Crippen LogP) is 3.25. The molecule has 1 saturated carbocycles. The van der Waals surface area contributed by atoms with Crippen LogP contribution in [0.4, 0.5) is 5.69 Å². The van der Waals surface area contributed by atoms with Crippen molar-refractivity contribution in [2.75, 3.05) is 0 Å². The second-order valence-corrected chi connectivity index (χ2v) is 6.20. The van der Waals surface area contributed by atoms with E-state index < -0.39 is 16.8 Å².